The van der Waals surface area contributed by atoms with Gasteiger partial charge in [0.2, 0.25) is 0 Å². The molecule has 1 N–H and O–H groups in total. The standard InChI is InChI=1S/C17H15Cl2F3N2O/c1-10(2)25-16-14(18)7-11(8-15(16)19)9-23-24-13-5-3-12(4-6-13)17(20,21)22/h3-10,24H,1-2H3. The molecule has 0 aliphatic heterocycles. The van der Waals surface area contributed by atoms with Gasteiger partial charge in [-0.3, -0.25) is 5.43 Å². The van der Waals surface area contributed by atoms with E-state index in [1.165, 1.54) is 18.3 Å². The first-order chi connectivity index (χ1) is 11.7. The van der Waals surface area contributed by atoms with Crippen molar-refractivity contribution in [2.24, 2.45) is 5.10 Å². The molecule has 2 aromatic carbocycles. The van der Waals surface area contributed by atoms with E-state index in [-0.39, 0.29) is 6.10 Å². The topological polar surface area (TPSA) is 33.6 Å². The monoisotopic (exact) mass is 390 g/mol. The zero-order valence-corrected chi connectivity index (χ0v) is 14.9. The fourth-order valence-corrected chi connectivity index (χ4v) is 2.51. The molecule has 0 spiro atoms. The van der Waals surface area contributed by atoms with Crippen LogP contribution in [0.3, 0.4) is 0 Å². The first-order valence-corrected chi connectivity index (χ1v) is 8.04. The van der Waals surface area contributed by atoms with Crippen molar-refractivity contribution in [1.29, 1.82) is 0 Å². The fourth-order valence-electron chi connectivity index (χ4n) is 1.92. The van der Waals surface area contributed by atoms with Gasteiger partial charge < -0.3 is 4.74 Å². The van der Waals surface area contributed by atoms with Gasteiger partial charge >= 0.3 is 6.18 Å². The molecule has 0 fully saturated rings. The van der Waals surface area contributed by atoms with Gasteiger partial charge in [0.15, 0.2) is 5.75 Å². The molecular formula is C17H15Cl2F3N2O. The highest BCUT2D eigenvalue weighted by atomic mass is 35.5. The van der Waals surface area contributed by atoms with Crippen molar-refractivity contribution in [3.63, 3.8) is 0 Å². The van der Waals surface area contributed by atoms with Gasteiger partial charge in [-0.15, -0.1) is 0 Å². The predicted octanol–water partition coefficient (Wildman–Crippen LogP) is 6.25. The minimum absolute atomic E-state index is 0.0733. The first kappa shape index (κ1) is 19.4. The SMILES string of the molecule is CC(C)Oc1c(Cl)cc(C=NNc2ccc(C(F)(F)F)cc2)cc1Cl. The minimum Gasteiger partial charge on any atom is -0.488 e. The number of ether oxygens (including phenoxy) is 1. The molecule has 25 heavy (non-hydrogen) atoms. The molecule has 0 heterocycles. The van der Waals surface area contributed by atoms with Crippen molar-refractivity contribution in [2.45, 2.75) is 26.1 Å². The van der Waals surface area contributed by atoms with Crippen LogP contribution >= 0.6 is 23.2 Å². The number of hydrogen-bond donors (Lipinski definition) is 1. The van der Waals surface area contributed by atoms with Gasteiger partial charge in [-0.1, -0.05) is 23.2 Å². The first-order valence-electron chi connectivity index (χ1n) is 7.29. The third-order valence-corrected chi connectivity index (χ3v) is 3.56. The van der Waals surface area contributed by atoms with Crippen LogP contribution < -0.4 is 10.2 Å². The molecule has 0 amide bonds. The average Bonchev–Trinajstić information content (AvgIpc) is 2.50. The Bertz CT molecular complexity index is 736. The lowest BCUT2D eigenvalue weighted by Gasteiger charge is -2.13. The van der Waals surface area contributed by atoms with E-state index >= 15 is 0 Å². The van der Waals surface area contributed by atoms with E-state index in [1.807, 2.05) is 13.8 Å². The summed E-state index contributed by atoms with van der Waals surface area (Å²) in [5.74, 6) is 0.395. The predicted molar refractivity (Wildman–Crippen MR) is 94.9 cm³/mol. The molecule has 3 nitrogen and oxygen atoms in total. The zero-order chi connectivity index (χ0) is 18.6. The number of hydrazone groups is 1. The second kappa shape index (κ2) is 7.97. The van der Waals surface area contributed by atoms with Crippen LogP contribution in [0, 0.1) is 0 Å². The van der Waals surface area contributed by atoms with E-state index in [0.29, 0.717) is 27.0 Å². The Morgan fingerprint density at radius 2 is 1.64 bits per heavy atom. The third-order valence-electron chi connectivity index (χ3n) is 2.99. The molecule has 0 unspecified atom stereocenters. The molecule has 0 aliphatic rings. The summed E-state index contributed by atoms with van der Waals surface area (Å²) >= 11 is 12.3. The molecule has 2 aromatic rings. The molecule has 2 rings (SSSR count). The van der Waals surface area contributed by atoms with Crippen molar-refractivity contribution in [3.8, 4) is 5.75 Å². The van der Waals surface area contributed by atoms with Crippen molar-refractivity contribution >= 4 is 35.1 Å². The summed E-state index contributed by atoms with van der Waals surface area (Å²) in [5, 5.41) is 4.65. The summed E-state index contributed by atoms with van der Waals surface area (Å²) in [6, 6.07) is 7.79. The van der Waals surface area contributed by atoms with Gasteiger partial charge in [0.05, 0.1) is 33.6 Å². The number of benzene rings is 2. The maximum Gasteiger partial charge on any atom is 0.416 e. The van der Waals surface area contributed by atoms with Gasteiger partial charge in [-0.25, -0.2) is 0 Å². The number of nitrogens with zero attached hydrogens (tertiary/aromatic N) is 1. The number of anilines is 1. The molecule has 134 valence electrons. The highest BCUT2D eigenvalue weighted by Gasteiger charge is 2.29. The van der Waals surface area contributed by atoms with E-state index < -0.39 is 11.7 Å². The largest absolute Gasteiger partial charge is 0.488 e. The van der Waals surface area contributed by atoms with Crippen molar-refractivity contribution in [3.05, 3.63) is 57.6 Å². The molecule has 0 aliphatic carbocycles. The second-order valence-corrected chi connectivity index (χ2v) is 6.24. The molecular weight excluding hydrogens is 376 g/mol. The van der Waals surface area contributed by atoms with E-state index in [4.69, 9.17) is 27.9 Å². The van der Waals surface area contributed by atoms with E-state index in [2.05, 4.69) is 10.5 Å². The Kier molecular flexibility index (Phi) is 6.19. The Morgan fingerprint density at radius 1 is 1.08 bits per heavy atom. The molecule has 8 heteroatoms. The van der Waals surface area contributed by atoms with Crippen LogP contribution in [0.4, 0.5) is 18.9 Å². The van der Waals surface area contributed by atoms with Crippen LogP contribution in [0.5, 0.6) is 5.75 Å². The van der Waals surface area contributed by atoms with E-state index in [9.17, 15) is 13.2 Å². The highest BCUT2D eigenvalue weighted by Crippen LogP contribution is 2.34. The number of hydrogen-bond acceptors (Lipinski definition) is 3. The highest BCUT2D eigenvalue weighted by molar-refractivity contribution is 6.37. The zero-order valence-electron chi connectivity index (χ0n) is 13.4. The Labute approximate surface area is 153 Å². The van der Waals surface area contributed by atoms with Crippen molar-refractivity contribution in [1.82, 2.24) is 0 Å². The maximum absolute atomic E-state index is 12.5. The summed E-state index contributed by atoms with van der Waals surface area (Å²) in [5.41, 5.74) is 2.96. The summed E-state index contributed by atoms with van der Waals surface area (Å²) in [6.07, 6.45) is -2.99. The Morgan fingerprint density at radius 3 is 2.12 bits per heavy atom. The smallest absolute Gasteiger partial charge is 0.416 e. The van der Waals surface area contributed by atoms with Gasteiger partial charge in [-0.05, 0) is 55.8 Å². The molecule has 0 saturated heterocycles. The van der Waals surface area contributed by atoms with Crippen LogP contribution in [0.25, 0.3) is 0 Å². The lowest BCUT2D eigenvalue weighted by Crippen LogP contribution is -2.06. The lowest BCUT2D eigenvalue weighted by molar-refractivity contribution is -0.137. The molecule has 0 bridgehead atoms. The van der Waals surface area contributed by atoms with E-state index in [0.717, 1.165) is 12.1 Å². The second-order valence-electron chi connectivity index (χ2n) is 5.43. The fraction of sp³-hybridized carbons (Fsp3) is 0.235. The van der Waals surface area contributed by atoms with Gasteiger partial charge in [-0.2, -0.15) is 18.3 Å². The van der Waals surface area contributed by atoms with Crippen molar-refractivity contribution < 1.29 is 17.9 Å². The Balaban J connectivity index is 2.07. The van der Waals surface area contributed by atoms with Gasteiger partial charge in [0.1, 0.15) is 0 Å². The quantitative estimate of drug-likeness (QED) is 0.483. The number of halogens is 5. The van der Waals surface area contributed by atoms with Crippen LogP contribution in [-0.4, -0.2) is 12.3 Å². The molecule has 0 aromatic heterocycles. The summed E-state index contributed by atoms with van der Waals surface area (Å²) < 4.78 is 43.0. The normalized spacial score (nSPS) is 12.0. The number of alkyl halides is 3. The summed E-state index contributed by atoms with van der Waals surface area (Å²) in [6.45, 7) is 3.71. The lowest BCUT2D eigenvalue weighted by atomic mass is 10.2. The van der Waals surface area contributed by atoms with E-state index in [1.54, 1.807) is 12.1 Å². The van der Waals surface area contributed by atoms with Gasteiger partial charge in [0, 0.05) is 0 Å². The summed E-state index contributed by atoms with van der Waals surface area (Å²) in [7, 11) is 0. The van der Waals surface area contributed by atoms with Crippen LogP contribution in [-0.2, 0) is 6.18 Å². The Hall–Kier alpha value is -1.92. The number of rotatable bonds is 5. The number of nitrogens with one attached hydrogen (secondary N) is 1. The molecule has 0 radical (unpaired) electrons. The maximum atomic E-state index is 12.5. The minimum atomic E-state index is -4.37. The average molecular weight is 391 g/mol. The third kappa shape index (κ3) is 5.54. The summed E-state index contributed by atoms with van der Waals surface area (Å²) in [4.78, 5) is 0. The van der Waals surface area contributed by atoms with Crippen molar-refractivity contribution in [2.75, 3.05) is 5.43 Å². The van der Waals surface area contributed by atoms with Crippen LogP contribution in [0.1, 0.15) is 25.0 Å². The molecule has 0 saturated carbocycles. The van der Waals surface area contributed by atoms with Crippen LogP contribution in [0.15, 0.2) is 41.5 Å². The van der Waals surface area contributed by atoms with Gasteiger partial charge in [0.25, 0.3) is 0 Å². The van der Waals surface area contributed by atoms with Crippen LogP contribution in [0.2, 0.25) is 10.0 Å². The molecule has 0 atom stereocenters.